The van der Waals surface area contributed by atoms with Gasteiger partial charge in [0.05, 0.1) is 11.5 Å². The third-order valence-corrected chi connectivity index (χ3v) is 3.66. The van der Waals surface area contributed by atoms with E-state index in [1.54, 1.807) is 13.2 Å². The number of hydrogen-bond acceptors (Lipinski definition) is 5. The van der Waals surface area contributed by atoms with Crippen LogP contribution in [0.3, 0.4) is 0 Å². The SMILES string of the molecule is COCCN(CC1CCCN1)c1cccc(F)c1[N+](=O)[O-]. The maximum Gasteiger partial charge on any atom is 0.327 e. The normalized spacial score (nSPS) is 17.9. The van der Waals surface area contributed by atoms with Gasteiger partial charge < -0.3 is 15.0 Å². The molecular formula is C14H20FN3O3. The van der Waals surface area contributed by atoms with Gasteiger partial charge in [0.25, 0.3) is 0 Å². The first-order chi connectivity index (χ1) is 10.1. The second-order valence-corrected chi connectivity index (χ2v) is 5.10. The molecule has 0 spiro atoms. The van der Waals surface area contributed by atoms with Crippen molar-refractivity contribution in [1.29, 1.82) is 0 Å². The predicted molar refractivity (Wildman–Crippen MR) is 78.2 cm³/mol. The summed E-state index contributed by atoms with van der Waals surface area (Å²) in [5.74, 6) is -0.806. The zero-order chi connectivity index (χ0) is 15.2. The molecule has 0 radical (unpaired) electrons. The molecule has 1 atom stereocenters. The average Bonchev–Trinajstić information content (AvgIpc) is 2.95. The van der Waals surface area contributed by atoms with E-state index in [0.717, 1.165) is 25.5 Å². The molecule has 1 aliphatic heterocycles. The zero-order valence-electron chi connectivity index (χ0n) is 12.0. The molecule has 0 aromatic heterocycles. The lowest BCUT2D eigenvalue weighted by molar-refractivity contribution is -0.386. The van der Waals surface area contributed by atoms with Crippen molar-refractivity contribution in [3.63, 3.8) is 0 Å². The largest absolute Gasteiger partial charge is 0.383 e. The molecule has 0 saturated carbocycles. The van der Waals surface area contributed by atoms with Crippen molar-refractivity contribution in [2.75, 3.05) is 38.3 Å². The van der Waals surface area contributed by atoms with Gasteiger partial charge in [-0.15, -0.1) is 0 Å². The summed E-state index contributed by atoms with van der Waals surface area (Å²) in [6.07, 6.45) is 2.11. The number of nitrogens with zero attached hydrogens (tertiary/aromatic N) is 2. The molecule has 1 heterocycles. The monoisotopic (exact) mass is 297 g/mol. The number of ether oxygens (including phenoxy) is 1. The summed E-state index contributed by atoms with van der Waals surface area (Å²) in [7, 11) is 1.58. The summed E-state index contributed by atoms with van der Waals surface area (Å²) in [4.78, 5) is 12.3. The van der Waals surface area contributed by atoms with Crippen molar-refractivity contribution in [2.24, 2.45) is 0 Å². The Hall–Kier alpha value is -1.73. The summed E-state index contributed by atoms with van der Waals surface area (Å²) in [6.45, 7) is 2.47. The first-order valence-corrected chi connectivity index (χ1v) is 7.03. The van der Waals surface area contributed by atoms with Gasteiger partial charge in [-0.3, -0.25) is 10.1 Å². The standard InChI is InChI=1S/C14H20FN3O3/c1-21-9-8-17(10-11-4-3-7-16-11)13-6-2-5-12(15)14(13)18(19)20/h2,5-6,11,16H,3-4,7-10H2,1H3. The first kappa shape index (κ1) is 15.7. The van der Waals surface area contributed by atoms with Crippen LogP contribution in [0.5, 0.6) is 0 Å². The van der Waals surface area contributed by atoms with E-state index < -0.39 is 16.4 Å². The highest BCUT2D eigenvalue weighted by Crippen LogP contribution is 2.31. The van der Waals surface area contributed by atoms with Crippen LogP contribution in [0.15, 0.2) is 18.2 Å². The molecule has 1 N–H and O–H groups in total. The van der Waals surface area contributed by atoms with Gasteiger partial charge in [0.15, 0.2) is 0 Å². The van der Waals surface area contributed by atoms with Crippen molar-refractivity contribution >= 4 is 11.4 Å². The number of methoxy groups -OCH3 is 1. The highest BCUT2D eigenvalue weighted by Gasteiger charge is 2.26. The summed E-state index contributed by atoms with van der Waals surface area (Å²) < 4.78 is 18.8. The molecular weight excluding hydrogens is 277 g/mol. The van der Waals surface area contributed by atoms with Gasteiger partial charge in [-0.1, -0.05) is 6.07 Å². The number of nitro benzene ring substituents is 1. The van der Waals surface area contributed by atoms with E-state index in [1.165, 1.54) is 6.07 Å². The number of nitro groups is 1. The molecule has 6 nitrogen and oxygen atoms in total. The maximum absolute atomic E-state index is 13.8. The van der Waals surface area contributed by atoms with Crippen LogP contribution in [0.4, 0.5) is 15.8 Å². The zero-order valence-corrected chi connectivity index (χ0v) is 12.0. The van der Waals surface area contributed by atoms with E-state index in [1.807, 2.05) is 4.90 Å². The van der Waals surface area contributed by atoms with E-state index in [4.69, 9.17) is 4.74 Å². The van der Waals surface area contributed by atoms with E-state index >= 15 is 0 Å². The van der Waals surface area contributed by atoms with Gasteiger partial charge in [0.1, 0.15) is 5.69 Å². The van der Waals surface area contributed by atoms with Gasteiger partial charge in [-0.2, -0.15) is 4.39 Å². The van der Waals surface area contributed by atoms with Gasteiger partial charge >= 0.3 is 5.69 Å². The van der Waals surface area contributed by atoms with Gasteiger partial charge in [0.2, 0.25) is 5.82 Å². The third-order valence-electron chi connectivity index (χ3n) is 3.66. The van der Waals surface area contributed by atoms with Gasteiger partial charge in [0, 0.05) is 26.2 Å². The number of halogens is 1. The second-order valence-electron chi connectivity index (χ2n) is 5.10. The summed E-state index contributed by atoms with van der Waals surface area (Å²) in [6, 6.07) is 4.47. The van der Waals surface area contributed by atoms with E-state index in [9.17, 15) is 14.5 Å². The molecule has 7 heteroatoms. The molecule has 1 aromatic carbocycles. The number of hydrogen-bond donors (Lipinski definition) is 1. The molecule has 1 saturated heterocycles. The van der Waals surface area contributed by atoms with Crippen molar-refractivity contribution in [3.8, 4) is 0 Å². The fourth-order valence-corrected chi connectivity index (χ4v) is 2.63. The Morgan fingerprint density at radius 3 is 3.00 bits per heavy atom. The minimum absolute atomic E-state index is 0.268. The minimum Gasteiger partial charge on any atom is -0.383 e. The topological polar surface area (TPSA) is 67.6 Å². The summed E-state index contributed by atoms with van der Waals surface area (Å²) in [5.41, 5.74) is -0.155. The Kier molecular flexibility index (Phi) is 5.46. The van der Waals surface area contributed by atoms with E-state index in [2.05, 4.69) is 5.32 Å². The lowest BCUT2D eigenvalue weighted by Crippen LogP contribution is -2.39. The fourth-order valence-electron chi connectivity index (χ4n) is 2.63. The molecule has 2 rings (SSSR count). The Bertz CT molecular complexity index is 492. The number of para-hydroxylation sites is 1. The van der Waals surface area contributed by atoms with Crippen LogP contribution in [0.25, 0.3) is 0 Å². The molecule has 0 amide bonds. The van der Waals surface area contributed by atoms with Crippen molar-refractivity contribution in [1.82, 2.24) is 5.32 Å². The number of rotatable bonds is 7. The number of nitrogens with one attached hydrogen (secondary N) is 1. The molecule has 0 aliphatic carbocycles. The Morgan fingerprint density at radius 2 is 2.38 bits per heavy atom. The summed E-state index contributed by atoms with van der Waals surface area (Å²) >= 11 is 0. The molecule has 1 fully saturated rings. The smallest absolute Gasteiger partial charge is 0.327 e. The highest BCUT2D eigenvalue weighted by molar-refractivity contribution is 5.64. The Labute approximate surface area is 123 Å². The lowest BCUT2D eigenvalue weighted by Gasteiger charge is -2.27. The van der Waals surface area contributed by atoms with Crippen LogP contribution in [-0.4, -0.2) is 44.3 Å². The van der Waals surface area contributed by atoms with Crippen LogP contribution in [0, 0.1) is 15.9 Å². The van der Waals surface area contributed by atoms with Crippen molar-refractivity contribution in [2.45, 2.75) is 18.9 Å². The quantitative estimate of drug-likeness (QED) is 0.615. The molecule has 0 bridgehead atoms. The second kappa shape index (κ2) is 7.33. The van der Waals surface area contributed by atoms with E-state index in [0.29, 0.717) is 25.4 Å². The van der Waals surface area contributed by atoms with E-state index in [-0.39, 0.29) is 6.04 Å². The van der Waals surface area contributed by atoms with Crippen LogP contribution in [-0.2, 0) is 4.74 Å². The van der Waals surface area contributed by atoms with Crippen LogP contribution < -0.4 is 10.2 Å². The average molecular weight is 297 g/mol. The Balaban J connectivity index is 2.26. The lowest BCUT2D eigenvalue weighted by atomic mass is 10.1. The van der Waals surface area contributed by atoms with Gasteiger partial charge in [-0.25, -0.2) is 0 Å². The highest BCUT2D eigenvalue weighted by atomic mass is 19.1. The summed E-state index contributed by atoms with van der Waals surface area (Å²) in [5, 5.41) is 14.5. The minimum atomic E-state index is -0.806. The predicted octanol–water partition coefficient (Wildman–Crippen LogP) is 1.94. The van der Waals surface area contributed by atoms with Crippen LogP contribution in [0.2, 0.25) is 0 Å². The number of anilines is 1. The third kappa shape index (κ3) is 3.89. The fraction of sp³-hybridized carbons (Fsp3) is 0.571. The van der Waals surface area contributed by atoms with Crippen molar-refractivity contribution in [3.05, 3.63) is 34.1 Å². The first-order valence-electron chi connectivity index (χ1n) is 7.03. The molecule has 116 valence electrons. The molecule has 1 aliphatic rings. The Morgan fingerprint density at radius 1 is 1.57 bits per heavy atom. The maximum atomic E-state index is 13.8. The number of benzene rings is 1. The van der Waals surface area contributed by atoms with Crippen LogP contribution >= 0.6 is 0 Å². The van der Waals surface area contributed by atoms with Gasteiger partial charge in [-0.05, 0) is 31.5 Å². The van der Waals surface area contributed by atoms with Crippen LogP contribution in [0.1, 0.15) is 12.8 Å². The van der Waals surface area contributed by atoms with Crippen molar-refractivity contribution < 1.29 is 14.1 Å². The molecule has 1 aromatic rings. The molecule has 21 heavy (non-hydrogen) atoms. The molecule has 1 unspecified atom stereocenters.